The van der Waals surface area contributed by atoms with Gasteiger partial charge in [-0.05, 0) is 37.3 Å². The Balaban J connectivity index is 1.50. The van der Waals surface area contributed by atoms with E-state index in [0.717, 1.165) is 35.1 Å². The van der Waals surface area contributed by atoms with Crippen LogP contribution in [0.15, 0.2) is 18.5 Å². The van der Waals surface area contributed by atoms with E-state index in [1.165, 1.54) is 4.90 Å². The molecule has 3 N–H and O–H groups in total. The lowest BCUT2D eigenvalue weighted by atomic mass is 9.97. The van der Waals surface area contributed by atoms with Gasteiger partial charge in [-0.25, -0.2) is 9.78 Å². The number of halogens is 3. The number of likely N-dealkylation sites (tertiary alicyclic amines) is 1. The van der Waals surface area contributed by atoms with Crippen LogP contribution in [0.4, 0.5) is 23.7 Å². The van der Waals surface area contributed by atoms with E-state index in [4.69, 9.17) is 0 Å². The Morgan fingerprint density at radius 3 is 2.85 bits per heavy atom. The van der Waals surface area contributed by atoms with Crippen molar-refractivity contribution < 1.29 is 18.0 Å². The minimum Gasteiger partial charge on any atom is -0.379 e. The minimum absolute atomic E-state index is 0.00772. The number of aromatic amines is 1. The highest BCUT2D eigenvalue weighted by Crippen LogP contribution is 2.43. The maximum absolute atomic E-state index is 12.4. The number of amides is 2. The van der Waals surface area contributed by atoms with Crippen LogP contribution in [0.2, 0.25) is 0 Å². The molecule has 0 aromatic carbocycles. The second kappa shape index (κ2) is 6.61. The van der Waals surface area contributed by atoms with Crippen LogP contribution in [-0.2, 0) is 0 Å². The first-order valence-electron chi connectivity index (χ1n) is 9.10. The summed E-state index contributed by atoms with van der Waals surface area (Å²) >= 11 is 0. The third-order valence-corrected chi connectivity index (χ3v) is 5.43. The Morgan fingerprint density at radius 2 is 2.15 bits per heavy atom. The molecule has 0 radical (unpaired) electrons. The number of fused-ring (bicyclic) bond motifs is 1. The molecule has 2 aliphatic rings. The second-order valence-corrected chi connectivity index (χ2v) is 7.49. The van der Waals surface area contributed by atoms with E-state index in [9.17, 15) is 18.0 Å². The smallest absolute Gasteiger partial charge is 0.379 e. The van der Waals surface area contributed by atoms with Gasteiger partial charge in [0.1, 0.15) is 12.2 Å². The number of H-pyrrole nitrogens is 1. The summed E-state index contributed by atoms with van der Waals surface area (Å²) in [4.78, 5) is 21.1. The van der Waals surface area contributed by atoms with Crippen LogP contribution in [-0.4, -0.2) is 52.8 Å². The number of aryl methyl sites for hydroxylation is 1. The summed E-state index contributed by atoms with van der Waals surface area (Å²) in [5.41, 5.74) is 2.75. The van der Waals surface area contributed by atoms with Gasteiger partial charge in [-0.15, -0.1) is 0 Å². The van der Waals surface area contributed by atoms with Crippen molar-refractivity contribution in [2.24, 2.45) is 11.8 Å². The van der Waals surface area contributed by atoms with Gasteiger partial charge in [-0.3, -0.25) is 0 Å². The highest BCUT2D eigenvalue weighted by Gasteiger charge is 2.44. The van der Waals surface area contributed by atoms with Crippen LogP contribution in [0.25, 0.3) is 11.0 Å². The molecular weight excluding hydrogens is 359 g/mol. The van der Waals surface area contributed by atoms with E-state index in [0.29, 0.717) is 19.0 Å². The fraction of sp³-hybridized carbons (Fsp3) is 0.556. The van der Waals surface area contributed by atoms with Crippen molar-refractivity contribution in [3.05, 3.63) is 24.0 Å². The number of aromatic nitrogens is 2. The molecule has 9 heteroatoms. The molecule has 0 bridgehead atoms. The van der Waals surface area contributed by atoms with E-state index in [-0.39, 0.29) is 12.0 Å². The molecule has 2 aromatic rings. The standard InChI is InChI=1S/C18H22F3N5O/c1-10-6-23-16-12(4-5-22-16)15(10)25-14-8-26(7-13(14)11-2-3-11)17(27)24-9-18(19,20)21/h4-6,11,13-14H,2-3,7-9H2,1H3,(H,24,27)(H2,22,23,25)/t13-,14-/m0/s1. The summed E-state index contributed by atoms with van der Waals surface area (Å²) in [7, 11) is 0. The second-order valence-electron chi connectivity index (χ2n) is 7.49. The number of hydrogen-bond donors (Lipinski definition) is 3. The number of carbonyl (C=O) groups excluding carboxylic acids is 1. The highest BCUT2D eigenvalue weighted by molar-refractivity contribution is 5.91. The normalized spacial score (nSPS) is 23.0. The van der Waals surface area contributed by atoms with E-state index < -0.39 is 18.8 Å². The van der Waals surface area contributed by atoms with Gasteiger partial charge in [0.15, 0.2) is 0 Å². The molecule has 0 unspecified atom stereocenters. The van der Waals surface area contributed by atoms with Crippen molar-refractivity contribution in [3.8, 4) is 0 Å². The molecule has 6 nitrogen and oxygen atoms in total. The van der Waals surface area contributed by atoms with E-state index in [1.54, 1.807) is 6.20 Å². The predicted octanol–water partition coefficient (Wildman–Crippen LogP) is 3.27. The maximum Gasteiger partial charge on any atom is 0.405 e. The molecule has 1 aliphatic heterocycles. The van der Waals surface area contributed by atoms with Gasteiger partial charge in [0, 0.05) is 48.5 Å². The molecule has 1 saturated heterocycles. The number of alkyl halides is 3. The fourth-order valence-electron chi connectivity index (χ4n) is 3.92. The van der Waals surface area contributed by atoms with Crippen molar-refractivity contribution in [3.63, 3.8) is 0 Å². The van der Waals surface area contributed by atoms with Crippen molar-refractivity contribution >= 4 is 22.8 Å². The molecule has 1 saturated carbocycles. The minimum atomic E-state index is -4.41. The molecule has 27 heavy (non-hydrogen) atoms. The number of hydrogen-bond acceptors (Lipinski definition) is 3. The monoisotopic (exact) mass is 381 g/mol. The van der Waals surface area contributed by atoms with Crippen LogP contribution in [0.5, 0.6) is 0 Å². The van der Waals surface area contributed by atoms with E-state index >= 15 is 0 Å². The average Bonchev–Trinajstić information content (AvgIpc) is 3.18. The zero-order chi connectivity index (χ0) is 19.2. The van der Waals surface area contributed by atoms with Crippen LogP contribution in [0.1, 0.15) is 18.4 Å². The molecule has 2 atom stereocenters. The summed E-state index contributed by atoms with van der Waals surface area (Å²) in [6.45, 7) is 1.53. The van der Waals surface area contributed by atoms with Crippen molar-refractivity contribution in [1.82, 2.24) is 20.2 Å². The zero-order valence-corrected chi connectivity index (χ0v) is 14.9. The largest absolute Gasteiger partial charge is 0.405 e. The van der Waals surface area contributed by atoms with Gasteiger partial charge >= 0.3 is 12.2 Å². The zero-order valence-electron chi connectivity index (χ0n) is 14.9. The fourth-order valence-corrected chi connectivity index (χ4v) is 3.92. The third kappa shape index (κ3) is 3.81. The summed E-state index contributed by atoms with van der Waals surface area (Å²) < 4.78 is 37.2. The summed E-state index contributed by atoms with van der Waals surface area (Å²) in [6, 6.07) is 1.31. The van der Waals surface area contributed by atoms with E-state index in [2.05, 4.69) is 15.3 Å². The number of nitrogens with one attached hydrogen (secondary N) is 3. The first kappa shape index (κ1) is 17.9. The van der Waals surface area contributed by atoms with Crippen LogP contribution < -0.4 is 10.6 Å². The third-order valence-electron chi connectivity index (χ3n) is 5.43. The van der Waals surface area contributed by atoms with Crippen molar-refractivity contribution in [2.45, 2.75) is 32.0 Å². The SMILES string of the molecule is Cc1cnc2[nH]ccc2c1N[C@H]1CN(C(=O)NCC(F)(F)F)C[C@H]1C1CC1. The predicted molar refractivity (Wildman–Crippen MR) is 95.5 cm³/mol. The number of urea groups is 1. The van der Waals surface area contributed by atoms with Gasteiger partial charge in [0.25, 0.3) is 0 Å². The van der Waals surface area contributed by atoms with Crippen LogP contribution in [0.3, 0.4) is 0 Å². The molecule has 3 heterocycles. The number of nitrogens with zero attached hydrogens (tertiary/aromatic N) is 2. The first-order valence-corrected chi connectivity index (χ1v) is 9.10. The Morgan fingerprint density at radius 1 is 1.37 bits per heavy atom. The molecule has 2 aromatic heterocycles. The van der Waals surface area contributed by atoms with Gasteiger partial charge in [-0.2, -0.15) is 13.2 Å². The molecule has 2 fully saturated rings. The summed E-state index contributed by atoms with van der Waals surface area (Å²) in [5.74, 6) is 0.759. The number of carbonyl (C=O) groups is 1. The maximum atomic E-state index is 12.4. The highest BCUT2D eigenvalue weighted by atomic mass is 19.4. The molecule has 4 rings (SSSR count). The van der Waals surface area contributed by atoms with Gasteiger partial charge in [0.2, 0.25) is 0 Å². The summed E-state index contributed by atoms with van der Waals surface area (Å²) in [5, 5.41) is 6.52. The molecule has 1 aliphatic carbocycles. The average molecular weight is 381 g/mol. The lowest BCUT2D eigenvalue weighted by molar-refractivity contribution is -0.123. The number of rotatable bonds is 4. The Labute approximate surface area is 154 Å². The van der Waals surface area contributed by atoms with Gasteiger partial charge < -0.3 is 20.5 Å². The van der Waals surface area contributed by atoms with Crippen molar-refractivity contribution in [2.75, 3.05) is 25.0 Å². The Hall–Kier alpha value is -2.45. The first-order chi connectivity index (χ1) is 12.8. The van der Waals surface area contributed by atoms with Gasteiger partial charge in [-0.1, -0.05) is 0 Å². The van der Waals surface area contributed by atoms with Crippen LogP contribution in [0, 0.1) is 18.8 Å². The Bertz CT molecular complexity index is 845. The van der Waals surface area contributed by atoms with E-state index in [1.807, 2.05) is 24.5 Å². The summed E-state index contributed by atoms with van der Waals surface area (Å²) in [6.07, 6.45) is 1.42. The molecular formula is C18H22F3N5O. The van der Waals surface area contributed by atoms with Gasteiger partial charge in [0.05, 0.1) is 0 Å². The molecule has 146 valence electrons. The lowest BCUT2D eigenvalue weighted by Gasteiger charge is -2.22. The molecule has 0 spiro atoms. The quantitative estimate of drug-likeness (QED) is 0.761. The Kier molecular flexibility index (Phi) is 4.39. The topological polar surface area (TPSA) is 73.0 Å². The lowest BCUT2D eigenvalue weighted by Crippen LogP contribution is -2.43. The van der Waals surface area contributed by atoms with Crippen molar-refractivity contribution in [1.29, 1.82) is 0 Å². The number of anilines is 1. The molecule has 2 amide bonds. The van der Waals surface area contributed by atoms with Crippen LogP contribution >= 0.6 is 0 Å². The number of pyridine rings is 1.